The van der Waals surface area contributed by atoms with E-state index in [2.05, 4.69) is 85.4 Å². The second-order valence-electron chi connectivity index (χ2n) is 10.7. The first-order chi connectivity index (χ1) is 16.2. The summed E-state index contributed by atoms with van der Waals surface area (Å²) >= 11 is 0. The maximum atomic E-state index is 6.92. The number of pyridine rings is 1. The van der Waals surface area contributed by atoms with Crippen molar-refractivity contribution in [1.29, 1.82) is 0 Å². The fraction of sp³-hybridized carbons (Fsp3) is 0.452. The summed E-state index contributed by atoms with van der Waals surface area (Å²) in [6, 6.07) is 22.8. The number of ether oxygens (including phenoxy) is 1. The zero-order valence-corrected chi connectivity index (χ0v) is 20.0. The molecule has 33 heavy (non-hydrogen) atoms. The van der Waals surface area contributed by atoms with Crippen molar-refractivity contribution >= 4 is 0 Å². The maximum absolute atomic E-state index is 6.92. The van der Waals surface area contributed by atoms with Crippen LogP contribution in [0.15, 0.2) is 66.9 Å². The third-order valence-corrected chi connectivity index (χ3v) is 8.73. The lowest BCUT2D eigenvalue weighted by Crippen LogP contribution is -2.44. The van der Waals surface area contributed by atoms with E-state index in [1.54, 1.807) is 0 Å². The van der Waals surface area contributed by atoms with Gasteiger partial charge in [-0.2, -0.15) is 0 Å². The molecule has 1 aromatic heterocycles. The molecule has 4 atom stereocenters. The van der Waals surface area contributed by atoms with Crippen LogP contribution in [0.4, 0.5) is 0 Å². The van der Waals surface area contributed by atoms with Crippen LogP contribution in [0.2, 0.25) is 0 Å². The van der Waals surface area contributed by atoms with Gasteiger partial charge in [-0.1, -0.05) is 74.7 Å². The van der Waals surface area contributed by atoms with Gasteiger partial charge in [0.1, 0.15) is 18.9 Å². The summed E-state index contributed by atoms with van der Waals surface area (Å²) in [5.74, 6) is 3.41. The lowest BCUT2D eigenvalue weighted by atomic mass is 9.70. The summed E-state index contributed by atoms with van der Waals surface area (Å²) in [5.41, 5.74) is 6.89. The first-order valence-corrected chi connectivity index (χ1v) is 13.0. The number of nitrogens with zero attached hydrogens (tertiary/aromatic N) is 1. The summed E-state index contributed by atoms with van der Waals surface area (Å²) < 4.78 is 9.21. The third kappa shape index (κ3) is 3.68. The molecule has 3 unspecified atom stereocenters. The van der Waals surface area contributed by atoms with Crippen molar-refractivity contribution in [3.05, 3.63) is 83.7 Å². The van der Waals surface area contributed by atoms with Gasteiger partial charge in [0.2, 0.25) is 0 Å². The fourth-order valence-electron chi connectivity index (χ4n) is 6.90. The second kappa shape index (κ2) is 8.63. The molecule has 1 aliphatic heterocycles. The molecule has 0 saturated heterocycles. The van der Waals surface area contributed by atoms with Crippen LogP contribution in [0.5, 0.6) is 5.75 Å². The number of para-hydroxylation sites is 1. The van der Waals surface area contributed by atoms with Gasteiger partial charge < -0.3 is 4.74 Å². The van der Waals surface area contributed by atoms with Crippen molar-refractivity contribution in [3.63, 3.8) is 0 Å². The number of aryl methyl sites for hydroxylation is 1. The Balaban J connectivity index is 1.33. The normalized spacial score (nSPS) is 27.0. The Morgan fingerprint density at radius 1 is 0.818 bits per heavy atom. The van der Waals surface area contributed by atoms with Crippen molar-refractivity contribution in [2.24, 2.45) is 13.0 Å². The number of aromatic nitrogens is 1. The predicted octanol–water partition coefficient (Wildman–Crippen LogP) is 7.28. The topological polar surface area (TPSA) is 13.1 Å². The zero-order chi connectivity index (χ0) is 22.4. The Morgan fingerprint density at radius 3 is 2.42 bits per heavy atom. The number of rotatable bonds is 3. The Labute approximate surface area is 198 Å². The molecule has 170 valence electrons. The van der Waals surface area contributed by atoms with Gasteiger partial charge >= 0.3 is 0 Å². The van der Waals surface area contributed by atoms with E-state index in [0.29, 0.717) is 17.8 Å². The molecule has 0 bridgehead atoms. The van der Waals surface area contributed by atoms with Gasteiger partial charge in [0, 0.05) is 29.2 Å². The first kappa shape index (κ1) is 21.0. The van der Waals surface area contributed by atoms with E-state index >= 15 is 0 Å². The Morgan fingerprint density at radius 2 is 1.64 bits per heavy atom. The number of fused-ring (bicyclic) bond motifs is 3. The highest BCUT2D eigenvalue weighted by molar-refractivity contribution is 5.74. The van der Waals surface area contributed by atoms with E-state index in [9.17, 15) is 0 Å². The molecule has 0 radical (unpaired) electrons. The molecule has 3 aromatic rings. The van der Waals surface area contributed by atoms with E-state index in [1.807, 2.05) is 0 Å². The van der Waals surface area contributed by atoms with Crippen molar-refractivity contribution < 1.29 is 9.30 Å². The van der Waals surface area contributed by atoms with Gasteiger partial charge in [-0.3, -0.25) is 0 Å². The molecule has 2 aliphatic carbocycles. The highest BCUT2D eigenvalue weighted by Crippen LogP contribution is 2.54. The second-order valence-corrected chi connectivity index (χ2v) is 10.7. The van der Waals surface area contributed by atoms with Crippen LogP contribution in [0.1, 0.15) is 86.4 Å². The van der Waals surface area contributed by atoms with Crippen LogP contribution < -0.4 is 9.30 Å². The molecule has 0 N–H and O–H groups in total. The van der Waals surface area contributed by atoms with Crippen molar-refractivity contribution in [3.8, 4) is 16.9 Å². The van der Waals surface area contributed by atoms with Crippen molar-refractivity contribution in [2.45, 2.75) is 75.7 Å². The molecule has 0 spiro atoms. The molecule has 2 heteroatoms. The van der Waals surface area contributed by atoms with Gasteiger partial charge in [0.05, 0.1) is 5.92 Å². The van der Waals surface area contributed by atoms with Gasteiger partial charge in [0.25, 0.3) is 0 Å². The lowest BCUT2D eigenvalue weighted by Gasteiger charge is -2.35. The van der Waals surface area contributed by atoms with Crippen LogP contribution in [-0.2, 0) is 7.05 Å². The highest BCUT2D eigenvalue weighted by atomic mass is 16.5. The third-order valence-electron chi connectivity index (χ3n) is 8.73. The van der Waals surface area contributed by atoms with Crippen LogP contribution in [0.25, 0.3) is 11.1 Å². The number of hydrogen-bond donors (Lipinski definition) is 0. The van der Waals surface area contributed by atoms with E-state index in [1.165, 1.54) is 72.9 Å². The SMILES string of the molecule is C[C@H]1CCC2c3cccc(-c4ccc(C5CCCCC5)cc4)c3OC2C1c1cccc[n+]1C. The summed E-state index contributed by atoms with van der Waals surface area (Å²) in [5, 5.41) is 0. The molecule has 3 aliphatic rings. The number of hydrogen-bond acceptors (Lipinski definition) is 1. The summed E-state index contributed by atoms with van der Waals surface area (Å²) in [4.78, 5) is 0. The average Bonchev–Trinajstić information content (AvgIpc) is 3.24. The molecular weight excluding hydrogens is 402 g/mol. The van der Waals surface area contributed by atoms with E-state index < -0.39 is 0 Å². The minimum atomic E-state index is 0.222. The van der Waals surface area contributed by atoms with E-state index in [4.69, 9.17) is 4.74 Å². The van der Waals surface area contributed by atoms with Gasteiger partial charge in [0.15, 0.2) is 11.9 Å². The summed E-state index contributed by atoms with van der Waals surface area (Å²) in [7, 11) is 2.17. The van der Waals surface area contributed by atoms with Gasteiger partial charge in [-0.15, -0.1) is 0 Å². The minimum Gasteiger partial charge on any atom is -0.488 e. The van der Waals surface area contributed by atoms with E-state index in [0.717, 1.165) is 11.7 Å². The summed E-state index contributed by atoms with van der Waals surface area (Å²) in [6.45, 7) is 2.41. The van der Waals surface area contributed by atoms with E-state index in [-0.39, 0.29) is 6.10 Å². The fourth-order valence-corrected chi connectivity index (χ4v) is 6.90. The standard InChI is InChI=1S/C31H36NO/c1-21-14-19-27-26-12-8-11-25(24-17-15-23(16-18-24)22-9-4-3-5-10-22)30(26)33-31(27)29(21)28-13-6-7-20-32(28)2/h6-8,11-13,15-18,20-22,27,29,31H,3-5,9-10,14,19H2,1-2H3/q+1/t21-,27?,29?,31?/m0/s1. The Kier molecular flexibility index (Phi) is 5.48. The Hall–Kier alpha value is -2.61. The zero-order valence-electron chi connectivity index (χ0n) is 20.0. The van der Waals surface area contributed by atoms with Crippen LogP contribution in [-0.4, -0.2) is 6.10 Å². The maximum Gasteiger partial charge on any atom is 0.188 e. The van der Waals surface area contributed by atoms with Crippen LogP contribution >= 0.6 is 0 Å². The van der Waals surface area contributed by atoms with Crippen LogP contribution in [0.3, 0.4) is 0 Å². The highest BCUT2D eigenvalue weighted by Gasteiger charge is 2.48. The van der Waals surface area contributed by atoms with Gasteiger partial charge in [-0.05, 0) is 48.6 Å². The average molecular weight is 439 g/mol. The molecule has 2 aromatic carbocycles. The van der Waals surface area contributed by atoms with Crippen molar-refractivity contribution in [2.75, 3.05) is 0 Å². The van der Waals surface area contributed by atoms with Gasteiger partial charge in [-0.25, -0.2) is 4.57 Å². The Bertz CT molecular complexity index is 1130. The number of benzene rings is 2. The molecule has 0 amide bonds. The molecule has 6 rings (SSSR count). The summed E-state index contributed by atoms with van der Waals surface area (Å²) in [6.07, 6.45) is 11.7. The smallest absolute Gasteiger partial charge is 0.188 e. The van der Waals surface area contributed by atoms with Crippen LogP contribution in [0, 0.1) is 5.92 Å². The molecular formula is C31H36NO+. The monoisotopic (exact) mass is 438 g/mol. The molecule has 2 nitrogen and oxygen atoms in total. The molecule has 2 fully saturated rings. The minimum absolute atomic E-state index is 0.222. The molecule has 2 saturated carbocycles. The largest absolute Gasteiger partial charge is 0.488 e. The predicted molar refractivity (Wildman–Crippen MR) is 134 cm³/mol. The van der Waals surface area contributed by atoms with Crippen molar-refractivity contribution in [1.82, 2.24) is 0 Å². The lowest BCUT2D eigenvalue weighted by molar-refractivity contribution is -0.681. The molecule has 2 heterocycles. The first-order valence-electron chi connectivity index (χ1n) is 13.0. The quantitative estimate of drug-likeness (QED) is 0.392.